The van der Waals surface area contributed by atoms with Gasteiger partial charge < -0.3 is 10.4 Å². The molecule has 0 aliphatic heterocycles. The minimum Gasteiger partial charge on any atom is -0.508 e. The molecule has 19 heavy (non-hydrogen) atoms. The Balaban J connectivity index is 1.62. The van der Waals surface area contributed by atoms with E-state index in [1.165, 1.54) is 25.7 Å². The van der Waals surface area contributed by atoms with Gasteiger partial charge in [-0.25, -0.2) is 0 Å². The number of phenols is 1. The van der Waals surface area contributed by atoms with E-state index < -0.39 is 0 Å². The lowest BCUT2D eigenvalue weighted by Crippen LogP contribution is -2.31. The summed E-state index contributed by atoms with van der Waals surface area (Å²) in [4.78, 5) is 12.2. The van der Waals surface area contributed by atoms with Crippen molar-refractivity contribution >= 4 is 5.91 Å². The highest BCUT2D eigenvalue weighted by atomic mass is 16.3. The van der Waals surface area contributed by atoms with Crippen LogP contribution in [0.1, 0.15) is 41.6 Å². The average molecular weight is 259 g/mol. The van der Waals surface area contributed by atoms with Crippen LogP contribution in [0.5, 0.6) is 5.75 Å². The minimum atomic E-state index is -0.0558. The monoisotopic (exact) mass is 259 g/mol. The largest absolute Gasteiger partial charge is 0.508 e. The molecule has 0 bridgehead atoms. The molecule has 102 valence electrons. The van der Waals surface area contributed by atoms with Crippen molar-refractivity contribution in [3.05, 3.63) is 29.3 Å². The van der Waals surface area contributed by atoms with Gasteiger partial charge in [0, 0.05) is 17.7 Å². The molecule has 1 aromatic rings. The van der Waals surface area contributed by atoms with Gasteiger partial charge in [0.25, 0.3) is 5.91 Å². The Hall–Kier alpha value is -1.51. The normalized spacial score (nSPS) is 18.6. The van der Waals surface area contributed by atoms with Crippen molar-refractivity contribution in [2.24, 2.45) is 17.8 Å². The molecule has 3 rings (SSSR count). The zero-order chi connectivity index (χ0) is 13.4. The summed E-state index contributed by atoms with van der Waals surface area (Å²) in [6.45, 7) is 2.58. The highest BCUT2D eigenvalue weighted by molar-refractivity contribution is 5.96. The zero-order valence-electron chi connectivity index (χ0n) is 11.4. The number of carbonyl (C=O) groups excluding carboxylic acids is 1. The molecular formula is C16H21NO2. The Morgan fingerprint density at radius 1 is 1.32 bits per heavy atom. The molecule has 0 radical (unpaired) electrons. The van der Waals surface area contributed by atoms with Crippen LogP contribution in [0.4, 0.5) is 0 Å². The lowest BCUT2D eigenvalue weighted by atomic mass is 9.97. The number of amides is 1. The molecule has 2 N–H and O–H groups in total. The molecule has 3 heteroatoms. The fourth-order valence-electron chi connectivity index (χ4n) is 2.94. The van der Waals surface area contributed by atoms with Crippen LogP contribution < -0.4 is 5.32 Å². The highest BCUT2D eigenvalue weighted by Gasteiger charge is 2.41. The molecule has 2 fully saturated rings. The molecule has 1 amide bonds. The van der Waals surface area contributed by atoms with Gasteiger partial charge in [-0.3, -0.25) is 4.79 Å². The van der Waals surface area contributed by atoms with Crippen LogP contribution in [0.15, 0.2) is 18.2 Å². The number of nitrogens with one attached hydrogen (secondary N) is 1. The summed E-state index contributed by atoms with van der Waals surface area (Å²) >= 11 is 0. The van der Waals surface area contributed by atoms with E-state index in [2.05, 4.69) is 5.32 Å². The first-order valence-corrected chi connectivity index (χ1v) is 7.23. The van der Waals surface area contributed by atoms with E-state index >= 15 is 0 Å². The van der Waals surface area contributed by atoms with Gasteiger partial charge in [-0.1, -0.05) is 6.07 Å². The van der Waals surface area contributed by atoms with Gasteiger partial charge in [0.05, 0.1) is 0 Å². The van der Waals surface area contributed by atoms with Crippen molar-refractivity contribution in [1.82, 2.24) is 5.32 Å². The number of rotatable bonds is 5. The molecule has 0 heterocycles. The smallest absolute Gasteiger partial charge is 0.251 e. The summed E-state index contributed by atoms with van der Waals surface area (Å²) in [5, 5.41) is 12.7. The van der Waals surface area contributed by atoms with E-state index in [1.54, 1.807) is 25.1 Å². The highest BCUT2D eigenvalue weighted by Crippen LogP contribution is 2.48. The van der Waals surface area contributed by atoms with E-state index in [9.17, 15) is 9.90 Å². The van der Waals surface area contributed by atoms with Crippen molar-refractivity contribution in [2.75, 3.05) is 6.54 Å². The SMILES string of the molecule is Cc1c(O)cccc1C(=O)NCC(C1CC1)C1CC1. The molecule has 2 aliphatic rings. The number of aromatic hydroxyl groups is 1. The molecule has 0 spiro atoms. The Labute approximate surface area is 114 Å². The van der Waals surface area contributed by atoms with E-state index in [-0.39, 0.29) is 11.7 Å². The first-order chi connectivity index (χ1) is 9.16. The molecular weight excluding hydrogens is 238 g/mol. The number of hydrogen-bond acceptors (Lipinski definition) is 2. The van der Waals surface area contributed by atoms with E-state index in [4.69, 9.17) is 0 Å². The summed E-state index contributed by atoms with van der Waals surface area (Å²) < 4.78 is 0. The van der Waals surface area contributed by atoms with Gasteiger partial charge in [0.15, 0.2) is 0 Å². The molecule has 0 atom stereocenters. The fourth-order valence-corrected chi connectivity index (χ4v) is 2.94. The topological polar surface area (TPSA) is 49.3 Å². The summed E-state index contributed by atoms with van der Waals surface area (Å²) in [6, 6.07) is 5.10. The Morgan fingerprint density at radius 3 is 2.53 bits per heavy atom. The van der Waals surface area contributed by atoms with Crippen LogP contribution in [0.2, 0.25) is 0 Å². The maximum atomic E-state index is 12.2. The molecule has 1 aromatic carbocycles. The zero-order valence-corrected chi connectivity index (χ0v) is 11.4. The van der Waals surface area contributed by atoms with Crippen molar-refractivity contribution < 1.29 is 9.90 Å². The van der Waals surface area contributed by atoms with Gasteiger partial charge in [-0.15, -0.1) is 0 Å². The van der Waals surface area contributed by atoms with Gasteiger partial charge in [-0.05, 0) is 62.5 Å². The van der Waals surface area contributed by atoms with Crippen molar-refractivity contribution in [3.8, 4) is 5.75 Å². The van der Waals surface area contributed by atoms with E-state index in [0.29, 0.717) is 17.0 Å². The third-order valence-corrected chi connectivity index (χ3v) is 4.50. The van der Waals surface area contributed by atoms with Crippen molar-refractivity contribution in [2.45, 2.75) is 32.6 Å². The molecule has 2 aliphatic carbocycles. The maximum Gasteiger partial charge on any atom is 0.251 e. The number of benzene rings is 1. The Bertz CT molecular complexity index is 478. The maximum absolute atomic E-state index is 12.2. The summed E-state index contributed by atoms with van der Waals surface area (Å²) in [6.07, 6.45) is 5.34. The van der Waals surface area contributed by atoms with Gasteiger partial charge in [0.2, 0.25) is 0 Å². The van der Waals surface area contributed by atoms with Gasteiger partial charge >= 0.3 is 0 Å². The first-order valence-electron chi connectivity index (χ1n) is 7.23. The van der Waals surface area contributed by atoms with Crippen LogP contribution in [-0.2, 0) is 0 Å². The third-order valence-electron chi connectivity index (χ3n) is 4.50. The second kappa shape index (κ2) is 4.87. The molecule has 2 saturated carbocycles. The minimum absolute atomic E-state index is 0.0558. The first kappa shape index (κ1) is 12.5. The Kier molecular flexibility index (Phi) is 3.21. The van der Waals surface area contributed by atoms with Crippen LogP contribution in [-0.4, -0.2) is 17.6 Å². The molecule has 0 unspecified atom stereocenters. The second-order valence-corrected chi connectivity index (χ2v) is 6.00. The number of carbonyl (C=O) groups is 1. The van der Waals surface area contributed by atoms with Crippen LogP contribution in [0.25, 0.3) is 0 Å². The lowest BCUT2D eigenvalue weighted by Gasteiger charge is -2.16. The predicted octanol–water partition coefficient (Wildman–Crippen LogP) is 2.87. The molecule has 3 nitrogen and oxygen atoms in total. The summed E-state index contributed by atoms with van der Waals surface area (Å²) in [5.41, 5.74) is 1.25. The van der Waals surface area contributed by atoms with E-state index in [0.717, 1.165) is 18.4 Å². The van der Waals surface area contributed by atoms with Crippen LogP contribution in [0, 0.1) is 24.7 Å². The summed E-state index contributed by atoms with van der Waals surface area (Å²) in [7, 11) is 0. The van der Waals surface area contributed by atoms with Crippen LogP contribution in [0.3, 0.4) is 0 Å². The van der Waals surface area contributed by atoms with Gasteiger partial charge in [-0.2, -0.15) is 0 Å². The van der Waals surface area contributed by atoms with E-state index in [1.807, 2.05) is 0 Å². The molecule has 0 aromatic heterocycles. The average Bonchev–Trinajstić information content (AvgIpc) is 3.26. The third kappa shape index (κ3) is 2.75. The van der Waals surface area contributed by atoms with Crippen molar-refractivity contribution in [1.29, 1.82) is 0 Å². The summed E-state index contributed by atoms with van der Waals surface area (Å²) in [5.74, 6) is 2.51. The van der Waals surface area contributed by atoms with Gasteiger partial charge in [0.1, 0.15) is 5.75 Å². The predicted molar refractivity (Wildman–Crippen MR) is 74.1 cm³/mol. The number of hydrogen-bond donors (Lipinski definition) is 2. The quantitative estimate of drug-likeness (QED) is 0.854. The molecule has 0 saturated heterocycles. The van der Waals surface area contributed by atoms with Crippen LogP contribution >= 0.6 is 0 Å². The number of phenolic OH excluding ortho intramolecular Hbond substituents is 1. The fraction of sp³-hybridized carbons (Fsp3) is 0.562. The Morgan fingerprint density at radius 2 is 1.95 bits per heavy atom. The lowest BCUT2D eigenvalue weighted by molar-refractivity contribution is 0.0942. The van der Waals surface area contributed by atoms with Crippen molar-refractivity contribution in [3.63, 3.8) is 0 Å². The standard InChI is InChI=1S/C16H21NO2/c1-10-13(3-2-4-15(10)18)16(19)17-9-14(11-5-6-11)12-7-8-12/h2-4,11-12,14,18H,5-9H2,1H3,(H,17,19). The second-order valence-electron chi connectivity index (χ2n) is 6.00.